The number of likely N-dealkylation sites (N-methyl/N-ethyl adjacent to an activating group) is 1. The van der Waals surface area contributed by atoms with Crippen LogP contribution in [-0.2, 0) is 0 Å². The van der Waals surface area contributed by atoms with Crippen molar-refractivity contribution in [3.63, 3.8) is 0 Å². The molecule has 1 nitrogen and oxygen atoms in total. The first-order chi connectivity index (χ1) is 6.44. The molecule has 0 aromatic rings. The monoisotopic (exact) mass is 193 g/mol. The van der Waals surface area contributed by atoms with Crippen LogP contribution < -0.4 is 0 Å². The average Bonchev–Trinajstić information content (AvgIpc) is 2.02. The van der Waals surface area contributed by atoms with Crippen LogP contribution in [0.3, 0.4) is 0 Å². The van der Waals surface area contributed by atoms with Gasteiger partial charge in [-0.1, -0.05) is 13.0 Å². The van der Waals surface area contributed by atoms with Crippen molar-refractivity contribution in [3.05, 3.63) is 22.9 Å². The third kappa shape index (κ3) is 1.73. The summed E-state index contributed by atoms with van der Waals surface area (Å²) in [5.74, 6) is 0. The molecule has 0 unspecified atom stereocenters. The fraction of sp³-hybridized carbons (Fsp3) is 0.692. The second-order valence-electron chi connectivity index (χ2n) is 4.64. The molecule has 0 atom stereocenters. The predicted octanol–water partition coefficient (Wildman–Crippen LogP) is 3.73. The molecule has 0 saturated heterocycles. The van der Waals surface area contributed by atoms with E-state index in [0.29, 0.717) is 0 Å². The Kier molecular flexibility index (Phi) is 3.08. The zero-order chi connectivity index (χ0) is 10.9. The Morgan fingerprint density at radius 3 is 2.21 bits per heavy atom. The standard InChI is InChI=1S/C13H23N/c1-7-12-10(3)9-13(5,6)14(8-2)11(12)4/h9H,7-8H2,1-6H3. The highest BCUT2D eigenvalue weighted by atomic mass is 15.2. The molecule has 80 valence electrons. The molecule has 0 amide bonds. The van der Waals surface area contributed by atoms with Crippen LogP contribution in [0.15, 0.2) is 22.9 Å². The van der Waals surface area contributed by atoms with Crippen LogP contribution in [0.2, 0.25) is 0 Å². The number of nitrogens with zero attached hydrogens (tertiary/aromatic N) is 1. The second kappa shape index (κ2) is 3.80. The fourth-order valence-electron chi connectivity index (χ4n) is 2.75. The van der Waals surface area contributed by atoms with Crippen molar-refractivity contribution in [1.82, 2.24) is 4.90 Å². The maximum Gasteiger partial charge on any atom is 0.0531 e. The summed E-state index contributed by atoms with van der Waals surface area (Å²) in [6.07, 6.45) is 3.53. The van der Waals surface area contributed by atoms with Gasteiger partial charge in [0.1, 0.15) is 0 Å². The largest absolute Gasteiger partial charge is 0.366 e. The highest BCUT2D eigenvalue weighted by Gasteiger charge is 2.28. The van der Waals surface area contributed by atoms with Gasteiger partial charge in [-0.25, -0.2) is 0 Å². The Balaban J connectivity index is 3.17. The van der Waals surface area contributed by atoms with E-state index in [9.17, 15) is 0 Å². The number of rotatable bonds is 2. The van der Waals surface area contributed by atoms with E-state index < -0.39 is 0 Å². The van der Waals surface area contributed by atoms with E-state index in [2.05, 4.69) is 52.5 Å². The molecule has 1 aliphatic rings. The summed E-state index contributed by atoms with van der Waals surface area (Å²) < 4.78 is 0. The number of hydrogen-bond donors (Lipinski definition) is 0. The summed E-state index contributed by atoms with van der Waals surface area (Å²) in [6, 6.07) is 0. The van der Waals surface area contributed by atoms with Crippen LogP contribution in [0, 0.1) is 0 Å². The van der Waals surface area contributed by atoms with Gasteiger partial charge in [-0.3, -0.25) is 0 Å². The van der Waals surface area contributed by atoms with Crippen molar-refractivity contribution in [3.8, 4) is 0 Å². The molecule has 1 heterocycles. The highest BCUT2D eigenvalue weighted by Crippen LogP contribution is 2.33. The van der Waals surface area contributed by atoms with Crippen molar-refractivity contribution in [2.24, 2.45) is 0 Å². The molecule has 1 heteroatoms. The van der Waals surface area contributed by atoms with Crippen molar-refractivity contribution in [1.29, 1.82) is 0 Å². The lowest BCUT2D eigenvalue weighted by Crippen LogP contribution is -2.43. The van der Waals surface area contributed by atoms with E-state index in [1.807, 2.05) is 0 Å². The molecular weight excluding hydrogens is 170 g/mol. The smallest absolute Gasteiger partial charge is 0.0531 e. The highest BCUT2D eigenvalue weighted by molar-refractivity contribution is 5.39. The molecule has 1 aliphatic heterocycles. The molecule has 0 aromatic heterocycles. The SMILES string of the molecule is CCC1=C(C)N(CC)C(C)(C)C=C1C. The van der Waals surface area contributed by atoms with Gasteiger partial charge in [0.25, 0.3) is 0 Å². The molecule has 0 fully saturated rings. The van der Waals surface area contributed by atoms with Crippen LogP contribution in [0.25, 0.3) is 0 Å². The van der Waals surface area contributed by atoms with Crippen molar-refractivity contribution >= 4 is 0 Å². The van der Waals surface area contributed by atoms with Gasteiger partial charge in [-0.15, -0.1) is 0 Å². The minimum atomic E-state index is 0.182. The zero-order valence-corrected chi connectivity index (χ0v) is 10.4. The third-order valence-electron chi connectivity index (χ3n) is 3.25. The van der Waals surface area contributed by atoms with Crippen LogP contribution in [0.1, 0.15) is 48.0 Å². The molecule has 1 rings (SSSR count). The molecule has 0 saturated carbocycles. The Hall–Kier alpha value is -0.720. The topological polar surface area (TPSA) is 3.24 Å². The molecule has 0 N–H and O–H groups in total. The Labute approximate surface area is 88.5 Å². The van der Waals surface area contributed by atoms with Crippen molar-refractivity contribution in [2.75, 3.05) is 6.54 Å². The van der Waals surface area contributed by atoms with Crippen LogP contribution in [0.4, 0.5) is 0 Å². The number of hydrogen-bond acceptors (Lipinski definition) is 1. The maximum atomic E-state index is 2.48. The molecule has 0 aliphatic carbocycles. The lowest BCUT2D eigenvalue weighted by molar-refractivity contribution is 0.216. The summed E-state index contributed by atoms with van der Waals surface area (Å²) in [5.41, 5.74) is 4.62. The summed E-state index contributed by atoms with van der Waals surface area (Å²) in [6.45, 7) is 14.6. The van der Waals surface area contributed by atoms with Gasteiger partial charge in [0.2, 0.25) is 0 Å². The summed E-state index contributed by atoms with van der Waals surface area (Å²) in [7, 11) is 0. The number of allylic oxidation sites excluding steroid dienone is 3. The van der Waals surface area contributed by atoms with Gasteiger partial charge >= 0.3 is 0 Å². The van der Waals surface area contributed by atoms with Crippen molar-refractivity contribution in [2.45, 2.75) is 53.5 Å². The minimum absolute atomic E-state index is 0.182. The van der Waals surface area contributed by atoms with Gasteiger partial charge in [-0.2, -0.15) is 0 Å². The maximum absolute atomic E-state index is 2.48. The quantitative estimate of drug-likeness (QED) is 0.646. The second-order valence-corrected chi connectivity index (χ2v) is 4.64. The normalized spacial score (nSPS) is 21.3. The van der Waals surface area contributed by atoms with Gasteiger partial charge in [0.05, 0.1) is 5.54 Å². The van der Waals surface area contributed by atoms with Gasteiger partial charge in [0.15, 0.2) is 0 Å². The lowest BCUT2D eigenvalue weighted by atomic mass is 9.88. The summed E-state index contributed by atoms with van der Waals surface area (Å²) >= 11 is 0. The zero-order valence-electron chi connectivity index (χ0n) is 10.4. The first kappa shape index (κ1) is 11.4. The molecule has 0 spiro atoms. The predicted molar refractivity (Wildman–Crippen MR) is 63.2 cm³/mol. The average molecular weight is 193 g/mol. The van der Waals surface area contributed by atoms with Crippen LogP contribution in [-0.4, -0.2) is 17.0 Å². The Bertz CT molecular complexity index is 282. The van der Waals surface area contributed by atoms with E-state index in [1.54, 1.807) is 0 Å². The molecule has 0 bridgehead atoms. The van der Waals surface area contributed by atoms with Crippen LogP contribution in [0.5, 0.6) is 0 Å². The third-order valence-corrected chi connectivity index (χ3v) is 3.25. The van der Waals surface area contributed by atoms with E-state index in [-0.39, 0.29) is 5.54 Å². The van der Waals surface area contributed by atoms with Gasteiger partial charge in [0, 0.05) is 12.2 Å². The lowest BCUT2D eigenvalue weighted by Gasteiger charge is -2.43. The Morgan fingerprint density at radius 2 is 1.79 bits per heavy atom. The molecular formula is C13H23N. The Morgan fingerprint density at radius 1 is 1.21 bits per heavy atom. The van der Waals surface area contributed by atoms with E-state index >= 15 is 0 Å². The minimum Gasteiger partial charge on any atom is -0.366 e. The van der Waals surface area contributed by atoms with E-state index in [4.69, 9.17) is 0 Å². The van der Waals surface area contributed by atoms with Gasteiger partial charge in [-0.05, 0) is 52.2 Å². The van der Waals surface area contributed by atoms with Crippen LogP contribution >= 0.6 is 0 Å². The molecule has 14 heavy (non-hydrogen) atoms. The molecule has 0 aromatic carbocycles. The summed E-state index contributed by atoms with van der Waals surface area (Å²) in [4.78, 5) is 2.48. The van der Waals surface area contributed by atoms with E-state index in [0.717, 1.165) is 13.0 Å². The van der Waals surface area contributed by atoms with E-state index in [1.165, 1.54) is 16.8 Å². The fourth-order valence-corrected chi connectivity index (χ4v) is 2.75. The molecule has 0 radical (unpaired) electrons. The van der Waals surface area contributed by atoms with Crippen molar-refractivity contribution < 1.29 is 0 Å². The van der Waals surface area contributed by atoms with Gasteiger partial charge < -0.3 is 4.90 Å². The summed E-state index contributed by atoms with van der Waals surface area (Å²) in [5, 5.41) is 0. The first-order valence-corrected chi connectivity index (χ1v) is 5.61. The first-order valence-electron chi connectivity index (χ1n) is 5.61.